The molecule has 1 unspecified atom stereocenters. The Bertz CT molecular complexity index is 1070. The molecule has 7 heteroatoms. The number of furan rings is 1. The number of nitrogens with one attached hydrogen (secondary N) is 1. The topological polar surface area (TPSA) is 72.4 Å². The second-order valence-electron chi connectivity index (χ2n) is 5.85. The molecule has 0 saturated carbocycles. The molecule has 3 aromatic heterocycles. The summed E-state index contributed by atoms with van der Waals surface area (Å²) in [5.74, 6) is 0.603. The second-order valence-corrected chi connectivity index (χ2v) is 5.85. The Hall–Kier alpha value is -3.48. The summed E-state index contributed by atoms with van der Waals surface area (Å²) in [6, 6.07) is 14.4. The van der Waals surface area contributed by atoms with E-state index in [2.05, 4.69) is 15.5 Å². The maximum absolute atomic E-state index is 13.0. The predicted molar refractivity (Wildman–Crippen MR) is 93.0 cm³/mol. The average molecular weight is 350 g/mol. The first-order valence-corrected chi connectivity index (χ1v) is 8.08. The van der Waals surface area contributed by atoms with Gasteiger partial charge in [0.25, 0.3) is 5.91 Å². The summed E-state index contributed by atoms with van der Waals surface area (Å²) in [4.78, 5) is 12.5. The van der Waals surface area contributed by atoms with Gasteiger partial charge in [0.15, 0.2) is 17.2 Å². The number of pyridine rings is 1. The normalized spacial score (nSPS) is 12.2. The van der Waals surface area contributed by atoms with Crippen molar-refractivity contribution in [3.63, 3.8) is 0 Å². The van der Waals surface area contributed by atoms with Crippen LogP contribution in [0.25, 0.3) is 17.0 Å². The van der Waals surface area contributed by atoms with Crippen molar-refractivity contribution in [3.8, 4) is 11.3 Å². The molecule has 0 radical (unpaired) electrons. The highest BCUT2D eigenvalue weighted by molar-refractivity contribution is 5.92. The average Bonchev–Trinajstić information content (AvgIpc) is 3.30. The minimum absolute atomic E-state index is 0.171. The monoisotopic (exact) mass is 350 g/mol. The number of carbonyl (C=O) groups excluding carboxylic acids is 1. The number of rotatable bonds is 4. The number of aromatic nitrogens is 3. The molecule has 1 amide bonds. The molecule has 4 rings (SSSR count). The van der Waals surface area contributed by atoms with E-state index in [0.717, 1.165) is 0 Å². The van der Waals surface area contributed by atoms with Gasteiger partial charge in [-0.25, -0.2) is 4.39 Å². The van der Waals surface area contributed by atoms with Gasteiger partial charge in [0.05, 0.1) is 6.04 Å². The highest BCUT2D eigenvalue weighted by Crippen LogP contribution is 2.23. The molecule has 130 valence electrons. The van der Waals surface area contributed by atoms with Gasteiger partial charge in [0.2, 0.25) is 0 Å². The summed E-state index contributed by atoms with van der Waals surface area (Å²) < 4.78 is 20.4. The summed E-state index contributed by atoms with van der Waals surface area (Å²) >= 11 is 0. The molecule has 6 nitrogen and oxygen atoms in total. The zero-order valence-electron chi connectivity index (χ0n) is 13.9. The van der Waals surface area contributed by atoms with E-state index in [9.17, 15) is 9.18 Å². The molecular formula is C19H15FN4O2. The molecule has 0 saturated heterocycles. The molecule has 0 aliphatic carbocycles. The number of hydrogen-bond donors (Lipinski definition) is 1. The summed E-state index contributed by atoms with van der Waals surface area (Å²) in [6.45, 7) is 1.82. The van der Waals surface area contributed by atoms with Gasteiger partial charge in [-0.15, -0.1) is 10.2 Å². The zero-order valence-corrected chi connectivity index (χ0v) is 13.9. The third-order valence-electron chi connectivity index (χ3n) is 4.03. The molecule has 0 aliphatic rings. The Kier molecular flexibility index (Phi) is 3.96. The van der Waals surface area contributed by atoms with Crippen LogP contribution in [-0.2, 0) is 0 Å². The molecule has 0 fully saturated rings. The van der Waals surface area contributed by atoms with Gasteiger partial charge in [0, 0.05) is 11.8 Å². The van der Waals surface area contributed by atoms with E-state index in [1.165, 1.54) is 12.1 Å². The van der Waals surface area contributed by atoms with E-state index in [0.29, 0.717) is 22.8 Å². The van der Waals surface area contributed by atoms with Crippen molar-refractivity contribution in [3.05, 3.63) is 78.2 Å². The van der Waals surface area contributed by atoms with E-state index in [1.807, 2.05) is 35.7 Å². The standard InChI is InChI=1S/C19H15FN4O2/c1-12(18-23-22-17-4-2-3-11-24(17)18)21-19(25)16-10-9-15(26-16)13-5-7-14(20)8-6-13/h2-12H,1H3,(H,21,25). The Morgan fingerprint density at radius 1 is 1.12 bits per heavy atom. The first-order chi connectivity index (χ1) is 12.6. The Morgan fingerprint density at radius 2 is 1.92 bits per heavy atom. The summed E-state index contributed by atoms with van der Waals surface area (Å²) in [6.07, 6.45) is 1.84. The lowest BCUT2D eigenvalue weighted by molar-refractivity contribution is 0.0911. The van der Waals surface area contributed by atoms with Crippen LogP contribution in [0, 0.1) is 5.82 Å². The molecule has 4 aromatic rings. The Labute approximate surface area is 148 Å². The number of nitrogens with zero attached hydrogens (tertiary/aromatic N) is 3. The first-order valence-electron chi connectivity index (χ1n) is 8.08. The molecule has 0 bridgehead atoms. The largest absolute Gasteiger partial charge is 0.451 e. The molecule has 1 N–H and O–H groups in total. The van der Waals surface area contributed by atoms with Gasteiger partial charge >= 0.3 is 0 Å². The summed E-state index contributed by atoms with van der Waals surface area (Å²) in [5.41, 5.74) is 1.40. The highest BCUT2D eigenvalue weighted by atomic mass is 19.1. The predicted octanol–water partition coefficient (Wildman–Crippen LogP) is 3.62. The van der Waals surface area contributed by atoms with E-state index in [4.69, 9.17) is 4.42 Å². The highest BCUT2D eigenvalue weighted by Gasteiger charge is 2.19. The van der Waals surface area contributed by atoms with Crippen LogP contribution in [-0.4, -0.2) is 20.5 Å². The number of amides is 1. The summed E-state index contributed by atoms with van der Waals surface area (Å²) in [5, 5.41) is 11.1. The van der Waals surface area contributed by atoms with Crippen molar-refractivity contribution in [2.24, 2.45) is 0 Å². The van der Waals surface area contributed by atoms with E-state index in [1.54, 1.807) is 24.3 Å². The third-order valence-corrected chi connectivity index (χ3v) is 4.03. The lowest BCUT2D eigenvalue weighted by Gasteiger charge is -2.11. The number of carbonyl (C=O) groups is 1. The molecule has 1 atom stereocenters. The molecule has 0 aliphatic heterocycles. The fourth-order valence-corrected chi connectivity index (χ4v) is 2.72. The van der Waals surface area contributed by atoms with Gasteiger partial charge in [-0.2, -0.15) is 0 Å². The van der Waals surface area contributed by atoms with Crippen LogP contribution in [0.5, 0.6) is 0 Å². The van der Waals surface area contributed by atoms with Crippen LogP contribution in [0.15, 0.2) is 65.2 Å². The Morgan fingerprint density at radius 3 is 2.73 bits per heavy atom. The van der Waals surface area contributed by atoms with Crippen LogP contribution in [0.3, 0.4) is 0 Å². The zero-order chi connectivity index (χ0) is 18.1. The van der Waals surface area contributed by atoms with Gasteiger partial charge < -0.3 is 9.73 Å². The van der Waals surface area contributed by atoms with Crippen molar-refractivity contribution < 1.29 is 13.6 Å². The lowest BCUT2D eigenvalue weighted by atomic mass is 10.2. The van der Waals surface area contributed by atoms with Crippen molar-refractivity contribution >= 4 is 11.6 Å². The number of hydrogen-bond acceptors (Lipinski definition) is 4. The van der Waals surface area contributed by atoms with Gasteiger partial charge in [0.1, 0.15) is 11.6 Å². The number of fused-ring (bicyclic) bond motifs is 1. The maximum atomic E-state index is 13.0. The van der Waals surface area contributed by atoms with E-state index >= 15 is 0 Å². The minimum atomic E-state index is -0.362. The van der Waals surface area contributed by atoms with Crippen molar-refractivity contribution in [2.45, 2.75) is 13.0 Å². The SMILES string of the molecule is CC(NC(=O)c1ccc(-c2ccc(F)cc2)o1)c1nnc2ccccn12. The minimum Gasteiger partial charge on any atom is -0.451 e. The van der Waals surface area contributed by atoms with Crippen LogP contribution < -0.4 is 5.32 Å². The molecule has 1 aromatic carbocycles. The van der Waals surface area contributed by atoms with Crippen LogP contribution in [0.2, 0.25) is 0 Å². The lowest BCUT2D eigenvalue weighted by Crippen LogP contribution is -2.27. The van der Waals surface area contributed by atoms with Crippen LogP contribution >= 0.6 is 0 Å². The fraction of sp³-hybridized carbons (Fsp3) is 0.105. The van der Waals surface area contributed by atoms with Crippen molar-refractivity contribution in [1.29, 1.82) is 0 Å². The molecule has 3 heterocycles. The number of benzene rings is 1. The van der Waals surface area contributed by atoms with Crippen molar-refractivity contribution in [2.75, 3.05) is 0 Å². The van der Waals surface area contributed by atoms with E-state index in [-0.39, 0.29) is 23.5 Å². The first kappa shape index (κ1) is 16.0. The molecule has 26 heavy (non-hydrogen) atoms. The van der Waals surface area contributed by atoms with Crippen LogP contribution in [0.1, 0.15) is 29.3 Å². The van der Waals surface area contributed by atoms with Gasteiger partial charge in [-0.1, -0.05) is 6.07 Å². The van der Waals surface area contributed by atoms with E-state index < -0.39 is 0 Å². The molecule has 0 spiro atoms. The molecular weight excluding hydrogens is 335 g/mol. The van der Waals surface area contributed by atoms with Gasteiger partial charge in [-0.3, -0.25) is 9.20 Å². The van der Waals surface area contributed by atoms with Crippen LogP contribution in [0.4, 0.5) is 4.39 Å². The smallest absolute Gasteiger partial charge is 0.287 e. The number of halogens is 1. The van der Waals surface area contributed by atoms with Crippen molar-refractivity contribution in [1.82, 2.24) is 19.9 Å². The third kappa shape index (κ3) is 2.95. The fourth-order valence-electron chi connectivity index (χ4n) is 2.72. The van der Waals surface area contributed by atoms with Gasteiger partial charge in [-0.05, 0) is 55.5 Å². The second kappa shape index (κ2) is 6.44. The Balaban J connectivity index is 1.52. The maximum Gasteiger partial charge on any atom is 0.287 e. The summed E-state index contributed by atoms with van der Waals surface area (Å²) in [7, 11) is 0. The quantitative estimate of drug-likeness (QED) is 0.610.